The molecule has 0 fully saturated rings. The first-order valence-electron chi connectivity index (χ1n) is 6.69. The van der Waals surface area contributed by atoms with E-state index in [0.717, 1.165) is 6.42 Å². The molecule has 0 bridgehead atoms. The van der Waals surface area contributed by atoms with E-state index in [-0.39, 0.29) is 6.04 Å². The Hall–Kier alpha value is -1.12. The number of thiophene rings is 1. The number of benzene rings is 1. The van der Waals surface area contributed by atoms with E-state index in [1.165, 1.54) is 36.0 Å². The van der Waals surface area contributed by atoms with E-state index in [4.69, 9.17) is 5.73 Å². The molecule has 18 heavy (non-hydrogen) atoms. The molecule has 1 aromatic carbocycles. The second kappa shape index (κ2) is 5.25. The van der Waals surface area contributed by atoms with Crippen molar-refractivity contribution in [2.45, 2.75) is 37.6 Å². The molecule has 2 N–H and O–H groups in total. The van der Waals surface area contributed by atoms with E-state index in [1.807, 2.05) is 0 Å². The Morgan fingerprint density at radius 3 is 3.00 bits per heavy atom. The van der Waals surface area contributed by atoms with Gasteiger partial charge in [0.25, 0.3) is 0 Å². The Balaban J connectivity index is 1.80. The lowest BCUT2D eigenvalue weighted by atomic mass is 9.77. The van der Waals surface area contributed by atoms with Crippen LogP contribution in [0.4, 0.5) is 0 Å². The summed E-state index contributed by atoms with van der Waals surface area (Å²) in [6.45, 7) is 0. The molecule has 2 unspecified atom stereocenters. The number of hydrogen-bond donors (Lipinski definition) is 1. The van der Waals surface area contributed by atoms with Gasteiger partial charge in [-0.3, -0.25) is 0 Å². The van der Waals surface area contributed by atoms with Gasteiger partial charge in [0.2, 0.25) is 0 Å². The van der Waals surface area contributed by atoms with Crippen LogP contribution in [-0.4, -0.2) is 6.04 Å². The number of rotatable bonds is 3. The maximum absolute atomic E-state index is 6.46. The van der Waals surface area contributed by atoms with Crippen LogP contribution in [0.1, 0.15) is 35.4 Å². The molecule has 0 aliphatic heterocycles. The molecule has 0 radical (unpaired) electrons. The predicted octanol–water partition coefficient (Wildman–Crippen LogP) is 3.74. The monoisotopic (exact) mass is 257 g/mol. The highest BCUT2D eigenvalue weighted by atomic mass is 32.1. The van der Waals surface area contributed by atoms with Gasteiger partial charge in [-0.05, 0) is 65.1 Å². The molecular weight excluding hydrogens is 238 g/mol. The smallest absolute Gasteiger partial charge is 0.0149 e. The van der Waals surface area contributed by atoms with Crippen LogP contribution in [0.25, 0.3) is 0 Å². The Morgan fingerprint density at radius 2 is 2.17 bits per heavy atom. The average molecular weight is 257 g/mol. The lowest BCUT2D eigenvalue weighted by Crippen LogP contribution is -2.32. The highest BCUT2D eigenvalue weighted by Gasteiger charge is 2.25. The summed E-state index contributed by atoms with van der Waals surface area (Å²) in [4.78, 5) is 0. The average Bonchev–Trinajstić information content (AvgIpc) is 2.91. The van der Waals surface area contributed by atoms with Crippen molar-refractivity contribution < 1.29 is 0 Å². The Morgan fingerprint density at radius 1 is 1.28 bits per heavy atom. The Kier molecular flexibility index (Phi) is 3.48. The molecule has 1 nitrogen and oxygen atoms in total. The van der Waals surface area contributed by atoms with Gasteiger partial charge in [0.15, 0.2) is 0 Å². The van der Waals surface area contributed by atoms with E-state index in [0.29, 0.717) is 5.92 Å². The lowest BCUT2D eigenvalue weighted by Gasteiger charge is -2.30. The van der Waals surface area contributed by atoms with E-state index >= 15 is 0 Å². The standard InChI is InChI=1S/C16H19NS/c17-16(10-12-8-9-18-11-12)15-7-3-5-13-4-1-2-6-14(13)15/h1-2,4,6,8-9,11,15-16H,3,5,7,10,17H2. The Labute approximate surface area is 113 Å². The molecule has 0 amide bonds. The first-order chi connectivity index (χ1) is 8.84. The molecule has 1 aliphatic rings. The predicted molar refractivity (Wildman–Crippen MR) is 78.1 cm³/mol. The molecule has 94 valence electrons. The van der Waals surface area contributed by atoms with Crippen LogP contribution in [0.2, 0.25) is 0 Å². The summed E-state index contributed by atoms with van der Waals surface area (Å²) in [5, 5.41) is 4.35. The summed E-state index contributed by atoms with van der Waals surface area (Å²) in [5.74, 6) is 0.537. The summed E-state index contributed by atoms with van der Waals surface area (Å²) in [6, 6.07) is 11.3. The zero-order valence-electron chi connectivity index (χ0n) is 10.5. The van der Waals surface area contributed by atoms with Crippen molar-refractivity contribution in [1.29, 1.82) is 0 Å². The number of fused-ring (bicyclic) bond motifs is 1. The molecule has 2 heteroatoms. The van der Waals surface area contributed by atoms with Gasteiger partial charge in [-0.25, -0.2) is 0 Å². The zero-order chi connectivity index (χ0) is 12.4. The van der Waals surface area contributed by atoms with Gasteiger partial charge in [-0.15, -0.1) is 0 Å². The molecule has 1 heterocycles. The first-order valence-corrected chi connectivity index (χ1v) is 7.63. The lowest BCUT2D eigenvalue weighted by molar-refractivity contribution is 0.460. The molecule has 1 aromatic heterocycles. The van der Waals surface area contributed by atoms with E-state index in [1.54, 1.807) is 11.3 Å². The fraction of sp³-hybridized carbons (Fsp3) is 0.375. The zero-order valence-corrected chi connectivity index (χ0v) is 11.3. The van der Waals surface area contributed by atoms with Gasteiger partial charge in [0.05, 0.1) is 0 Å². The van der Waals surface area contributed by atoms with Crippen molar-refractivity contribution >= 4 is 11.3 Å². The van der Waals surface area contributed by atoms with Crippen molar-refractivity contribution in [3.05, 3.63) is 57.8 Å². The van der Waals surface area contributed by atoms with Crippen molar-refractivity contribution in [1.82, 2.24) is 0 Å². The number of aryl methyl sites for hydroxylation is 1. The van der Waals surface area contributed by atoms with Gasteiger partial charge in [0, 0.05) is 6.04 Å². The third kappa shape index (κ3) is 2.36. The van der Waals surface area contributed by atoms with E-state index in [2.05, 4.69) is 41.1 Å². The second-order valence-electron chi connectivity index (χ2n) is 5.20. The minimum absolute atomic E-state index is 0.251. The molecule has 0 spiro atoms. The van der Waals surface area contributed by atoms with E-state index in [9.17, 15) is 0 Å². The quantitative estimate of drug-likeness (QED) is 0.890. The Bertz CT molecular complexity index is 504. The molecule has 0 saturated carbocycles. The molecular formula is C16H19NS. The normalized spacial score (nSPS) is 20.4. The van der Waals surface area contributed by atoms with Crippen LogP contribution in [0.3, 0.4) is 0 Å². The van der Waals surface area contributed by atoms with Gasteiger partial charge < -0.3 is 5.73 Å². The molecule has 2 aromatic rings. The van der Waals surface area contributed by atoms with Crippen LogP contribution in [-0.2, 0) is 12.8 Å². The summed E-state index contributed by atoms with van der Waals surface area (Å²) < 4.78 is 0. The van der Waals surface area contributed by atoms with Gasteiger partial charge in [0.1, 0.15) is 0 Å². The van der Waals surface area contributed by atoms with Crippen molar-refractivity contribution in [3.63, 3.8) is 0 Å². The van der Waals surface area contributed by atoms with Crippen LogP contribution < -0.4 is 5.73 Å². The van der Waals surface area contributed by atoms with Crippen molar-refractivity contribution in [2.24, 2.45) is 5.73 Å². The van der Waals surface area contributed by atoms with Crippen LogP contribution in [0, 0.1) is 0 Å². The van der Waals surface area contributed by atoms with Gasteiger partial charge in [-0.2, -0.15) is 11.3 Å². The van der Waals surface area contributed by atoms with Crippen LogP contribution in [0.15, 0.2) is 41.1 Å². The maximum Gasteiger partial charge on any atom is 0.0149 e. The SMILES string of the molecule is NC(Cc1ccsc1)C1CCCc2ccccc21. The van der Waals surface area contributed by atoms with E-state index < -0.39 is 0 Å². The third-order valence-corrected chi connectivity index (χ3v) is 4.72. The van der Waals surface area contributed by atoms with Crippen LogP contribution in [0.5, 0.6) is 0 Å². The summed E-state index contributed by atoms with van der Waals surface area (Å²) >= 11 is 1.76. The fourth-order valence-electron chi connectivity index (χ4n) is 3.06. The van der Waals surface area contributed by atoms with Crippen molar-refractivity contribution in [2.75, 3.05) is 0 Å². The summed E-state index contributed by atoms with van der Waals surface area (Å²) in [6.07, 6.45) is 4.74. The second-order valence-corrected chi connectivity index (χ2v) is 5.98. The molecule has 1 aliphatic carbocycles. The highest BCUT2D eigenvalue weighted by molar-refractivity contribution is 7.07. The third-order valence-electron chi connectivity index (χ3n) is 3.98. The van der Waals surface area contributed by atoms with Gasteiger partial charge in [-0.1, -0.05) is 24.3 Å². The summed E-state index contributed by atoms with van der Waals surface area (Å²) in [7, 11) is 0. The first kappa shape index (κ1) is 11.9. The minimum atomic E-state index is 0.251. The fourth-order valence-corrected chi connectivity index (χ4v) is 3.74. The molecule has 2 atom stereocenters. The number of hydrogen-bond acceptors (Lipinski definition) is 2. The topological polar surface area (TPSA) is 26.0 Å². The molecule has 0 saturated heterocycles. The molecule has 3 rings (SSSR count). The minimum Gasteiger partial charge on any atom is -0.327 e. The maximum atomic E-state index is 6.46. The van der Waals surface area contributed by atoms with Gasteiger partial charge >= 0.3 is 0 Å². The van der Waals surface area contributed by atoms with Crippen molar-refractivity contribution in [3.8, 4) is 0 Å². The summed E-state index contributed by atoms with van der Waals surface area (Å²) in [5.41, 5.74) is 10.8. The largest absolute Gasteiger partial charge is 0.327 e. The van der Waals surface area contributed by atoms with Crippen LogP contribution >= 0.6 is 11.3 Å². The highest BCUT2D eigenvalue weighted by Crippen LogP contribution is 2.34. The number of nitrogens with two attached hydrogens (primary N) is 1.